The van der Waals surface area contributed by atoms with Crippen LogP contribution in [-0.2, 0) is 14.4 Å². The molecule has 2 aliphatic rings. The van der Waals surface area contributed by atoms with Gasteiger partial charge in [-0.1, -0.05) is 17.7 Å². The number of rotatable bonds is 8. The van der Waals surface area contributed by atoms with Crippen LogP contribution in [0.2, 0.25) is 0 Å². The normalized spacial score (nSPS) is 15.1. The summed E-state index contributed by atoms with van der Waals surface area (Å²) in [5.74, 6) is -0.632. The van der Waals surface area contributed by atoms with Crippen molar-refractivity contribution in [2.75, 3.05) is 30.2 Å². The first-order chi connectivity index (χ1) is 19.7. The molecule has 2 aliphatic heterocycles. The van der Waals surface area contributed by atoms with Crippen molar-refractivity contribution in [1.82, 2.24) is 5.32 Å². The Morgan fingerprint density at radius 1 is 1.05 bits per heavy atom. The Balaban J connectivity index is 1.38. The molecule has 0 radical (unpaired) electrons. The minimum absolute atomic E-state index is 0.0245. The molecule has 0 bridgehead atoms. The van der Waals surface area contributed by atoms with E-state index in [2.05, 4.69) is 26.6 Å². The SMILES string of the molecule is CCOc1cc(/C=C2\C(=O)NC(=O)N(c3ccc4c(c3)OCO4)C2=O)cc(Br)c1OCC(=O)Nc1ccc(C)cc1. The van der Waals surface area contributed by atoms with E-state index in [-0.39, 0.29) is 48.7 Å². The van der Waals surface area contributed by atoms with E-state index in [1.54, 1.807) is 37.3 Å². The molecular formula is C29H24BrN3O8. The fourth-order valence-electron chi connectivity index (χ4n) is 4.13. The van der Waals surface area contributed by atoms with Crippen molar-refractivity contribution in [3.63, 3.8) is 0 Å². The summed E-state index contributed by atoms with van der Waals surface area (Å²) in [6.45, 7) is 3.74. The molecule has 1 fully saturated rings. The van der Waals surface area contributed by atoms with E-state index in [1.165, 1.54) is 18.2 Å². The Labute approximate surface area is 243 Å². The second-order valence-corrected chi connectivity index (χ2v) is 9.82. The van der Waals surface area contributed by atoms with E-state index >= 15 is 0 Å². The van der Waals surface area contributed by atoms with Gasteiger partial charge in [-0.2, -0.15) is 0 Å². The number of carbonyl (C=O) groups is 4. The van der Waals surface area contributed by atoms with Gasteiger partial charge in [-0.25, -0.2) is 9.69 Å². The molecular weight excluding hydrogens is 598 g/mol. The highest BCUT2D eigenvalue weighted by atomic mass is 79.9. The van der Waals surface area contributed by atoms with Gasteiger partial charge in [0, 0.05) is 11.8 Å². The first kappa shape index (κ1) is 27.7. The third kappa shape index (κ3) is 6.02. The smallest absolute Gasteiger partial charge is 0.335 e. The molecule has 0 aromatic heterocycles. The molecule has 1 saturated heterocycles. The number of barbiturate groups is 1. The van der Waals surface area contributed by atoms with Gasteiger partial charge in [0.05, 0.1) is 16.8 Å². The number of anilines is 2. The average Bonchev–Trinajstić information content (AvgIpc) is 3.40. The first-order valence-corrected chi connectivity index (χ1v) is 13.3. The van der Waals surface area contributed by atoms with Crippen LogP contribution in [0.4, 0.5) is 16.2 Å². The Kier molecular flexibility index (Phi) is 7.92. The van der Waals surface area contributed by atoms with E-state index in [9.17, 15) is 19.2 Å². The molecule has 3 aromatic rings. The maximum absolute atomic E-state index is 13.4. The van der Waals surface area contributed by atoms with Crippen molar-refractivity contribution < 1.29 is 38.1 Å². The summed E-state index contributed by atoms with van der Waals surface area (Å²) in [6, 6.07) is 14.2. The predicted molar refractivity (Wildman–Crippen MR) is 152 cm³/mol. The highest BCUT2D eigenvalue weighted by molar-refractivity contribution is 9.10. The van der Waals surface area contributed by atoms with Crippen LogP contribution in [0.5, 0.6) is 23.0 Å². The van der Waals surface area contributed by atoms with Crippen LogP contribution in [0, 0.1) is 6.92 Å². The standard InChI is InChI=1S/C29H24BrN3O8/c1-3-38-24-12-17(11-21(30)26(24)39-14-25(34)31-18-6-4-16(2)5-7-18)10-20-27(35)32-29(37)33(28(20)36)19-8-9-22-23(13-19)41-15-40-22/h4-13H,3,14-15H2,1-2H3,(H,31,34)(H,32,35,37)/b20-10+. The number of benzene rings is 3. The van der Waals surface area contributed by atoms with Crippen LogP contribution in [0.15, 0.2) is 64.6 Å². The number of nitrogens with one attached hydrogen (secondary N) is 2. The molecule has 11 nitrogen and oxygen atoms in total. The van der Waals surface area contributed by atoms with Gasteiger partial charge in [-0.3, -0.25) is 19.7 Å². The number of ether oxygens (including phenoxy) is 4. The molecule has 0 unspecified atom stereocenters. The van der Waals surface area contributed by atoms with Gasteiger partial charge < -0.3 is 24.3 Å². The molecule has 12 heteroatoms. The number of hydrogen-bond acceptors (Lipinski definition) is 8. The second-order valence-electron chi connectivity index (χ2n) is 8.96. The van der Waals surface area contributed by atoms with E-state index in [1.807, 2.05) is 19.1 Å². The van der Waals surface area contributed by atoms with Crippen LogP contribution in [-0.4, -0.2) is 43.8 Å². The molecule has 0 spiro atoms. The fraction of sp³-hybridized carbons (Fsp3) is 0.172. The first-order valence-electron chi connectivity index (χ1n) is 12.5. The quantitative estimate of drug-likeness (QED) is 0.276. The number of halogens is 1. The summed E-state index contributed by atoms with van der Waals surface area (Å²) in [5, 5.41) is 4.95. The third-order valence-corrected chi connectivity index (χ3v) is 6.63. The number of urea groups is 1. The summed E-state index contributed by atoms with van der Waals surface area (Å²) < 4.78 is 22.5. The van der Waals surface area contributed by atoms with Gasteiger partial charge in [0.2, 0.25) is 6.79 Å². The van der Waals surface area contributed by atoms with Gasteiger partial charge in [0.25, 0.3) is 17.7 Å². The summed E-state index contributed by atoms with van der Waals surface area (Å²) in [7, 11) is 0. The van der Waals surface area contributed by atoms with Crippen LogP contribution in [0.25, 0.3) is 6.08 Å². The molecule has 0 aliphatic carbocycles. The minimum Gasteiger partial charge on any atom is -0.490 e. The van der Waals surface area contributed by atoms with Crippen molar-refractivity contribution in [3.05, 3.63) is 75.8 Å². The zero-order valence-corrected chi connectivity index (χ0v) is 23.6. The van der Waals surface area contributed by atoms with E-state index < -0.39 is 17.8 Å². The molecule has 2 N–H and O–H groups in total. The lowest BCUT2D eigenvalue weighted by atomic mass is 10.1. The minimum atomic E-state index is -0.889. The molecule has 3 aromatic carbocycles. The second kappa shape index (κ2) is 11.7. The molecule has 41 heavy (non-hydrogen) atoms. The van der Waals surface area contributed by atoms with Crippen LogP contribution >= 0.6 is 15.9 Å². The van der Waals surface area contributed by atoms with Gasteiger partial charge >= 0.3 is 6.03 Å². The highest BCUT2D eigenvalue weighted by Gasteiger charge is 2.37. The van der Waals surface area contributed by atoms with E-state index in [0.29, 0.717) is 27.2 Å². The molecule has 0 saturated carbocycles. The summed E-state index contributed by atoms with van der Waals surface area (Å²) in [5.41, 5.74) is 2.05. The van der Waals surface area contributed by atoms with E-state index in [4.69, 9.17) is 18.9 Å². The topological polar surface area (TPSA) is 133 Å². The molecule has 5 amide bonds. The third-order valence-electron chi connectivity index (χ3n) is 6.04. The van der Waals surface area contributed by atoms with Crippen molar-refractivity contribution in [3.8, 4) is 23.0 Å². The molecule has 210 valence electrons. The van der Waals surface area contributed by atoms with Crippen molar-refractivity contribution in [2.24, 2.45) is 0 Å². The predicted octanol–water partition coefficient (Wildman–Crippen LogP) is 4.57. The van der Waals surface area contributed by atoms with Crippen LogP contribution in [0.1, 0.15) is 18.1 Å². The van der Waals surface area contributed by atoms with Crippen molar-refractivity contribution >= 4 is 57.1 Å². The van der Waals surface area contributed by atoms with Gasteiger partial charge in [-0.15, -0.1) is 0 Å². The molecule has 2 heterocycles. The number of hydrogen-bond donors (Lipinski definition) is 2. The summed E-state index contributed by atoms with van der Waals surface area (Å²) in [6.07, 6.45) is 1.34. The maximum atomic E-state index is 13.4. The number of fused-ring (bicyclic) bond motifs is 1. The number of aryl methyl sites for hydroxylation is 1. The van der Waals surface area contributed by atoms with Crippen LogP contribution < -0.4 is 34.5 Å². The lowest BCUT2D eigenvalue weighted by molar-refractivity contribution is -0.122. The average molecular weight is 622 g/mol. The van der Waals surface area contributed by atoms with Gasteiger partial charge in [0.15, 0.2) is 29.6 Å². The lowest BCUT2D eigenvalue weighted by Crippen LogP contribution is -2.54. The Hall–Kier alpha value is -4.84. The molecule has 5 rings (SSSR count). The van der Waals surface area contributed by atoms with Crippen LogP contribution in [0.3, 0.4) is 0 Å². The maximum Gasteiger partial charge on any atom is 0.335 e. The van der Waals surface area contributed by atoms with Gasteiger partial charge in [0.1, 0.15) is 5.57 Å². The monoisotopic (exact) mass is 621 g/mol. The number of imide groups is 2. The van der Waals surface area contributed by atoms with Gasteiger partial charge in [-0.05, 0) is 77.8 Å². The molecule has 0 atom stereocenters. The lowest BCUT2D eigenvalue weighted by Gasteiger charge is -2.26. The Morgan fingerprint density at radius 2 is 1.80 bits per heavy atom. The zero-order chi connectivity index (χ0) is 29.1. The highest BCUT2D eigenvalue weighted by Crippen LogP contribution is 2.39. The van der Waals surface area contributed by atoms with Crippen molar-refractivity contribution in [1.29, 1.82) is 0 Å². The Morgan fingerprint density at radius 3 is 2.56 bits per heavy atom. The number of carbonyl (C=O) groups excluding carboxylic acids is 4. The van der Waals surface area contributed by atoms with E-state index in [0.717, 1.165) is 10.5 Å². The zero-order valence-electron chi connectivity index (χ0n) is 22.0. The summed E-state index contributed by atoms with van der Waals surface area (Å²) >= 11 is 3.43. The largest absolute Gasteiger partial charge is 0.490 e. The van der Waals surface area contributed by atoms with Crippen molar-refractivity contribution in [2.45, 2.75) is 13.8 Å². The Bertz CT molecular complexity index is 1590. The number of amides is 5. The summed E-state index contributed by atoms with van der Waals surface area (Å²) in [4.78, 5) is 51.9. The number of nitrogens with zero attached hydrogens (tertiary/aromatic N) is 1. The fourth-order valence-corrected chi connectivity index (χ4v) is 4.70.